The van der Waals surface area contributed by atoms with Crippen LogP contribution in [-0.2, 0) is 4.74 Å². The minimum Gasteiger partial charge on any atom is -0.371 e. The summed E-state index contributed by atoms with van der Waals surface area (Å²) in [5.41, 5.74) is 2.34. The van der Waals surface area contributed by atoms with Crippen LogP contribution in [0.2, 0.25) is 0 Å². The normalized spacial score (nSPS) is 18.8. The molecule has 1 aliphatic rings. The van der Waals surface area contributed by atoms with Gasteiger partial charge in [0.25, 0.3) is 0 Å². The van der Waals surface area contributed by atoms with Gasteiger partial charge in [0.1, 0.15) is 5.82 Å². The average molecular weight is 269 g/mol. The second kappa shape index (κ2) is 6.03. The molecule has 1 atom stereocenters. The topological polar surface area (TPSA) is 37.4 Å². The molecular formula is C16H19N3O. The van der Waals surface area contributed by atoms with E-state index in [1.165, 1.54) is 5.56 Å². The summed E-state index contributed by atoms with van der Waals surface area (Å²) in [5.74, 6) is 0.941. The van der Waals surface area contributed by atoms with Gasteiger partial charge < -0.3 is 15.0 Å². The molecule has 1 fully saturated rings. The van der Waals surface area contributed by atoms with Crippen LogP contribution in [0, 0.1) is 0 Å². The molecule has 0 spiro atoms. The molecule has 1 aromatic heterocycles. The molecule has 1 aliphatic heterocycles. The van der Waals surface area contributed by atoms with Gasteiger partial charge in [-0.2, -0.15) is 0 Å². The second-order valence-electron chi connectivity index (χ2n) is 4.90. The fraction of sp³-hybridized carbons (Fsp3) is 0.312. The summed E-state index contributed by atoms with van der Waals surface area (Å²) in [5, 5.41) is 3.35. The number of nitrogens with zero attached hydrogens (tertiary/aromatic N) is 2. The summed E-state index contributed by atoms with van der Waals surface area (Å²) in [4.78, 5) is 6.43. The third kappa shape index (κ3) is 2.81. The number of hydrogen-bond donors (Lipinski definition) is 1. The Labute approximate surface area is 119 Å². The summed E-state index contributed by atoms with van der Waals surface area (Å²) in [7, 11) is 2.02. The number of nitrogens with one attached hydrogen (secondary N) is 1. The molecule has 0 amide bonds. The number of pyridine rings is 1. The van der Waals surface area contributed by atoms with Gasteiger partial charge in [0.15, 0.2) is 0 Å². The fourth-order valence-electron chi connectivity index (χ4n) is 2.38. The predicted octanol–water partition coefficient (Wildman–Crippen LogP) is 2.51. The molecule has 0 aliphatic carbocycles. The van der Waals surface area contributed by atoms with Crippen molar-refractivity contribution >= 4 is 11.5 Å². The van der Waals surface area contributed by atoms with Gasteiger partial charge in [-0.05, 0) is 29.8 Å². The second-order valence-corrected chi connectivity index (χ2v) is 4.90. The zero-order chi connectivity index (χ0) is 13.8. The van der Waals surface area contributed by atoms with Crippen LogP contribution in [-0.4, -0.2) is 31.7 Å². The quantitative estimate of drug-likeness (QED) is 0.929. The van der Waals surface area contributed by atoms with Crippen molar-refractivity contribution in [2.75, 3.05) is 31.6 Å². The third-order valence-electron chi connectivity index (χ3n) is 3.57. The predicted molar refractivity (Wildman–Crippen MR) is 80.3 cm³/mol. The van der Waals surface area contributed by atoms with Crippen LogP contribution in [0.3, 0.4) is 0 Å². The van der Waals surface area contributed by atoms with Gasteiger partial charge >= 0.3 is 0 Å². The highest BCUT2D eigenvalue weighted by Crippen LogP contribution is 2.25. The highest BCUT2D eigenvalue weighted by molar-refractivity contribution is 5.59. The Bertz CT molecular complexity index is 535. The summed E-state index contributed by atoms with van der Waals surface area (Å²) in [6.07, 6.45) is 1.97. The smallest absolute Gasteiger partial charge is 0.132 e. The first-order chi connectivity index (χ1) is 9.84. The van der Waals surface area contributed by atoms with E-state index in [9.17, 15) is 0 Å². The lowest BCUT2D eigenvalue weighted by molar-refractivity contribution is 0.0277. The van der Waals surface area contributed by atoms with Crippen LogP contribution in [0.25, 0.3) is 0 Å². The number of rotatable bonds is 3. The molecule has 1 saturated heterocycles. The average Bonchev–Trinajstić information content (AvgIpc) is 2.56. The number of aromatic nitrogens is 1. The van der Waals surface area contributed by atoms with Crippen molar-refractivity contribution in [1.82, 2.24) is 10.3 Å². The summed E-state index contributed by atoms with van der Waals surface area (Å²) in [6, 6.07) is 14.4. The lowest BCUT2D eigenvalue weighted by Gasteiger charge is -2.25. The Morgan fingerprint density at radius 2 is 2.05 bits per heavy atom. The summed E-state index contributed by atoms with van der Waals surface area (Å²) >= 11 is 0. The molecule has 3 rings (SSSR count). The third-order valence-corrected chi connectivity index (χ3v) is 3.57. The molecule has 104 valence electrons. The standard InChI is InChI=1S/C16H19N3O/c1-19(16-4-2-3-9-18-16)14-7-5-13(6-8-14)15-12-17-10-11-20-15/h2-9,15,17H,10-12H2,1H3/t15-/m1/s1. The molecule has 0 radical (unpaired) electrons. The Hall–Kier alpha value is -1.91. The van der Waals surface area contributed by atoms with Gasteiger partial charge in [-0.1, -0.05) is 18.2 Å². The number of anilines is 2. The maximum absolute atomic E-state index is 5.76. The van der Waals surface area contributed by atoms with E-state index in [1.807, 2.05) is 31.4 Å². The van der Waals surface area contributed by atoms with E-state index < -0.39 is 0 Å². The first-order valence-electron chi connectivity index (χ1n) is 6.91. The summed E-state index contributed by atoms with van der Waals surface area (Å²) in [6.45, 7) is 2.60. The maximum Gasteiger partial charge on any atom is 0.132 e. The van der Waals surface area contributed by atoms with Crippen LogP contribution >= 0.6 is 0 Å². The molecular weight excluding hydrogens is 250 g/mol. The van der Waals surface area contributed by atoms with Crippen molar-refractivity contribution in [3.8, 4) is 0 Å². The molecule has 2 aromatic rings. The number of hydrogen-bond acceptors (Lipinski definition) is 4. The number of benzene rings is 1. The molecule has 2 heterocycles. The molecule has 1 N–H and O–H groups in total. The van der Waals surface area contributed by atoms with Crippen LogP contribution in [0.5, 0.6) is 0 Å². The van der Waals surface area contributed by atoms with Crippen molar-refractivity contribution < 1.29 is 4.74 Å². The van der Waals surface area contributed by atoms with Gasteiger partial charge in [-0.25, -0.2) is 4.98 Å². The zero-order valence-electron chi connectivity index (χ0n) is 11.6. The van der Waals surface area contributed by atoms with Gasteiger partial charge in [0.2, 0.25) is 0 Å². The molecule has 4 heteroatoms. The van der Waals surface area contributed by atoms with E-state index in [2.05, 4.69) is 39.5 Å². The van der Waals surface area contributed by atoms with Crippen LogP contribution in [0.4, 0.5) is 11.5 Å². The minimum atomic E-state index is 0.165. The van der Waals surface area contributed by atoms with Crippen molar-refractivity contribution in [3.05, 3.63) is 54.2 Å². The highest BCUT2D eigenvalue weighted by Gasteiger charge is 2.15. The SMILES string of the molecule is CN(c1ccc([C@H]2CNCCO2)cc1)c1ccccn1. The Balaban J connectivity index is 1.75. The van der Waals surface area contributed by atoms with Crippen molar-refractivity contribution in [1.29, 1.82) is 0 Å². The van der Waals surface area contributed by atoms with Gasteiger partial charge in [0, 0.05) is 32.0 Å². The zero-order valence-corrected chi connectivity index (χ0v) is 11.6. The summed E-state index contributed by atoms with van der Waals surface area (Å²) < 4.78 is 5.76. The van der Waals surface area contributed by atoms with Crippen molar-refractivity contribution in [2.45, 2.75) is 6.10 Å². The first kappa shape index (κ1) is 13.1. The van der Waals surface area contributed by atoms with Crippen LogP contribution in [0.15, 0.2) is 48.7 Å². The highest BCUT2D eigenvalue weighted by atomic mass is 16.5. The van der Waals surface area contributed by atoms with E-state index in [-0.39, 0.29) is 6.10 Å². The van der Waals surface area contributed by atoms with Gasteiger partial charge in [-0.15, -0.1) is 0 Å². The van der Waals surface area contributed by atoms with E-state index in [0.717, 1.165) is 31.2 Å². The Morgan fingerprint density at radius 1 is 1.20 bits per heavy atom. The van der Waals surface area contributed by atoms with Crippen LogP contribution < -0.4 is 10.2 Å². The van der Waals surface area contributed by atoms with Crippen molar-refractivity contribution in [3.63, 3.8) is 0 Å². The van der Waals surface area contributed by atoms with E-state index in [1.54, 1.807) is 0 Å². The van der Waals surface area contributed by atoms with E-state index >= 15 is 0 Å². The minimum absolute atomic E-state index is 0.165. The molecule has 4 nitrogen and oxygen atoms in total. The van der Waals surface area contributed by atoms with Crippen molar-refractivity contribution in [2.24, 2.45) is 0 Å². The first-order valence-corrected chi connectivity index (χ1v) is 6.91. The Morgan fingerprint density at radius 3 is 2.70 bits per heavy atom. The fourth-order valence-corrected chi connectivity index (χ4v) is 2.38. The van der Waals surface area contributed by atoms with Crippen LogP contribution in [0.1, 0.15) is 11.7 Å². The molecule has 20 heavy (non-hydrogen) atoms. The molecule has 0 saturated carbocycles. The maximum atomic E-state index is 5.76. The molecule has 0 bridgehead atoms. The number of morpholine rings is 1. The largest absolute Gasteiger partial charge is 0.371 e. The lowest BCUT2D eigenvalue weighted by Crippen LogP contribution is -2.33. The lowest BCUT2D eigenvalue weighted by atomic mass is 10.1. The monoisotopic (exact) mass is 269 g/mol. The van der Waals surface area contributed by atoms with Gasteiger partial charge in [0.05, 0.1) is 12.7 Å². The Kier molecular flexibility index (Phi) is 3.95. The molecule has 1 aromatic carbocycles. The molecule has 0 unspecified atom stereocenters. The van der Waals surface area contributed by atoms with E-state index in [0.29, 0.717) is 0 Å². The number of ether oxygens (including phenoxy) is 1. The van der Waals surface area contributed by atoms with E-state index in [4.69, 9.17) is 4.74 Å². The van der Waals surface area contributed by atoms with Gasteiger partial charge in [-0.3, -0.25) is 0 Å².